The molecule has 0 saturated carbocycles. The Morgan fingerprint density at radius 3 is 2.82 bits per heavy atom. The maximum Gasteiger partial charge on any atom is 0.302 e. The van der Waals surface area contributed by atoms with Gasteiger partial charge in [-0.05, 0) is 31.9 Å². The number of carbonyl (C=O) groups excluding carboxylic acids is 1. The fourth-order valence-corrected chi connectivity index (χ4v) is 1.35. The lowest BCUT2D eigenvalue weighted by Crippen LogP contribution is -2.11. The molecule has 4 heteroatoms. The van der Waals surface area contributed by atoms with E-state index in [0.717, 1.165) is 18.5 Å². The summed E-state index contributed by atoms with van der Waals surface area (Å²) in [4.78, 5) is 10.7. The molecule has 0 amide bonds. The monoisotopic (exact) mass is 234 g/mol. The van der Waals surface area contributed by atoms with Crippen molar-refractivity contribution in [3.8, 4) is 0 Å². The molecule has 0 saturated heterocycles. The van der Waals surface area contributed by atoms with Gasteiger partial charge >= 0.3 is 5.97 Å². The molecule has 1 N–H and O–H groups in total. The predicted molar refractivity (Wildman–Crippen MR) is 69.0 cm³/mol. The van der Waals surface area contributed by atoms with Gasteiger partial charge in [0, 0.05) is 13.1 Å². The second-order valence-corrected chi connectivity index (χ2v) is 3.79. The Morgan fingerprint density at radius 1 is 1.47 bits per heavy atom. The van der Waals surface area contributed by atoms with Crippen LogP contribution in [0.15, 0.2) is 35.4 Å². The van der Waals surface area contributed by atoms with Crippen LogP contribution in [-0.4, -0.2) is 18.3 Å². The summed E-state index contributed by atoms with van der Waals surface area (Å²) in [6, 6.07) is 9.73. The van der Waals surface area contributed by atoms with Crippen molar-refractivity contribution >= 4 is 17.9 Å². The largest absolute Gasteiger partial charge is 0.463 e. The molecule has 0 aliphatic heterocycles. The van der Waals surface area contributed by atoms with Gasteiger partial charge in [-0.15, -0.1) is 0 Å². The van der Waals surface area contributed by atoms with Gasteiger partial charge in [0.05, 0.1) is 11.8 Å². The van der Waals surface area contributed by atoms with Crippen molar-refractivity contribution in [2.24, 2.45) is 5.10 Å². The van der Waals surface area contributed by atoms with E-state index >= 15 is 0 Å². The van der Waals surface area contributed by atoms with Crippen molar-refractivity contribution in [2.45, 2.75) is 32.8 Å². The summed E-state index contributed by atoms with van der Waals surface area (Å²) in [6.07, 6.45) is 3.27. The van der Waals surface area contributed by atoms with E-state index in [-0.39, 0.29) is 12.1 Å². The van der Waals surface area contributed by atoms with Gasteiger partial charge in [-0.3, -0.25) is 10.2 Å². The number of benzene rings is 1. The SMILES string of the molecule is CC(=O)OC(C)CC/C=N/Nc1ccccc1. The molecule has 4 nitrogen and oxygen atoms in total. The number of hydrazone groups is 1. The number of anilines is 1. The number of esters is 1. The average molecular weight is 234 g/mol. The van der Waals surface area contributed by atoms with Gasteiger partial charge in [-0.25, -0.2) is 0 Å². The molecule has 0 bridgehead atoms. The maximum atomic E-state index is 10.7. The first-order chi connectivity index (χ1) is 8.18. The van der Waals surface area contributed by atoms with Crippen molar-refractivity contribution in [1.29, 1.82) is 0 Å². The Balaban J connectivity index is 2.16. The van der Waals surface area contributed by atoms with Crippen LogP contribution in [0.3, 0.4) is 0 Å². The third-order valence-electron chi connectivity index (χ3n) is 2.13. The fourth-order valence-electron chi connectivity index (χ4n) is 1.35. The molecule has 1 aromatic rings. The summed E-state index contributed by atoms with van der Waals surface area (Å²) in [5, 5.41) is 4.08. The normalized spacial score (nSPS) is 12.4. The smallest absolute Gasteiger partial charge is 0.302 e. The van der Waals surface area contributed by atoms with Crippen molar-refractivity contribution in [1.82, 2.24) is 0 Å². The number of hydrogen-bond acceptors (Lipinski definition) is 4. The lowest BCUT2D eigenvalue weighted by molar-refractivity contribution is -0.145. The molecule has 92 valence electrons. The molecule has 0 fully saturated rings. The van der Waals surface area contributed by atoms with Crippen molar-refractivity contribution in [2.75, 3.05) is 5.43 Å². The highest BCUT2D eigenvalue weighted by Crippen LogP contribution is 2.04. The van der Waals surface area contributed by atoms with E-state index in [1.807, 2.05) is 37.3 Å². The van der Waals surface area contributed by atoms with Crippen molar-refractivity contribution in [3.05, 3.63) is 30.3 Å². The van der Waals surface area contributed by atoms with Gasteiger partial charge in [0.1, 0.15) is 0 Å². The summed E-state index contributed by atoms with van der Waals surface area (Å²) in [7, 11) is 0. The number of carbonyl (C=O) groups is 1. The number of ether oxygens (including phenoxy) is 1. The van der Waals surface area contributed by atoms with E-state index in [2.05, 4.69) is 10.5 Å². The summed E-state index contributed by atoms with van der Waals surface area (Å²) in [5.41, 5.74) is 3.88. The highest BCUT2D eigenvalue weighted by Gasteiger charge is 2.03. The molecule has 0 spiro atoms. The van der Waals surface area contributed by atoms with E-state index in [1.54, 1.807) is 6.21 Å². The molecule has 17 heavy (non-hydrogen) atoms. The molecular formula is C13H18N2O2. The summed E-state index contributed by atoms with van der Waals surface area (Å²) in [5.74, 6) is -0.239. The zero-order chi connectivity index (χ0) is 12.5. The topological polar surface area (TPSA) is 50.7 Å². The third-order valence-corrected chi connectivity index (χ3v) is 2.13. The van der Waals surface area contributed by atoms with E-state index in [9.17, 15) is 4.79 Å². The van der Waals surface area contributed by atoms with Crippen LogP contribution >= 0.6 is 0 Å². The number of nitrogens with one attached hydrogen (secondary N) is 1. The summed E-state index contributed by atoms with van der Waals surface area (Å²) in [6.45, 7) is 3.29. The Bertz CT molecular complexity index is 363. The maximum absolute atomic E-state index is 10.7. The number of hydrogen-bond donors (Lipinski definition) is 1. The van der Waals surface area contributed by atoms with Crippen LogP contribution < -0.4 is 5.43 Å². The lowest BCUT2D eigenvalue weighted by Gasteiger charge is -2.09. The first kappa shape index (κ1) is 13.2. The zero-order valence-corrected chi connectivity index (χ0v) is 10.2. The minimum atomic E-state index is -0.239. The number of nitrogens with zero attached hydrogens (tertiary/aromatic N) is 1. The first-order valence-corrected chi connectivity index (χ1v) is 5.68. The van der Waals surface area contributed by atoms with E-state index in [4.69, 9.17) is 4.74 Å². The standard InChI is InChI=1S/C13H18N2O2/c1-11(17-12(2)16)7-6-10-14-15-13-8-4-3-5-9-13/h3-5,8-11,15H,6-7H2,1-2H3/b14-10+. The fraction of sp³-hybridized carbons (Fsp3) is 0.385. The predicted octanol–water partition coefficient (Wildman–Crippen LogP) is 2.82. The molecule has 1 aromatic carbocycles. The van der Waals surface area contributed by atoms with Gasteiger partial charge < -0.3 is 4.74 Å². The molecule has 1 unspecified atom stereocenters. The van der Waals surface area contributed by atoms with Gasteiger partial charge in [0.2, 0.25) is 0 Å². The van der Waals surface area contributed by atoms with Gasteiger partial charge in [-0.1, -0.05) is 18.2 Å². The second-order valence-electron chi connectivity index (χ2n) is 3.79. The first-order valence-electron chi connectivity index (χ1n) is 5.68. The molecule has 0 aliphatic carbocycles. The summed E-state index contributed by atoms with van der Waals surface area (Å²) >= 11 is 0. The minimum absolute atomic E-state index is 0.0596. The Hall–Kier alpha value is -1.84. The number of rotatable bonds is 6. The van der Waals surface area contributed by atoms with Crippen molar-refractivity contribution in [3.63, 3.8) is 0 Å². The highest BCUT2D eigenvalue weighted by atomic mass is 16.5. The number of para-hydroxylation sites is 1. The molecule has 1 rings (SSSR count). The Labute approximate surface area is 102 Å². The van der Waals surface area contributed by atoms with Gasteiger partial charge in [0.15, 0.2) is 0 Å². The lowest BCUT2D eigenvalue weighted by atomic mass is 10.2. The Morgan fingerprint density at radius 2 is 2.18 bits per heavy atom. The molecule has 0 aromatic heterocycles. The van der Waals surface area contributed by atoms with E-state index < -0.39 is 0 Å². The van der Waals surface area contributed by atoms with Crippen LogP contribution in [0.1, 0.15) is 26.7 Å². The Kier molecular flexibility index (Phi) is 5.79. The molecule has 0 radical (unpaired) electrons. The van der Waals surface area contributed by atoms with Gasteiger partial charge in [-0.2, -0.15) is 5.10 Å². The quantitative estimate of drug-likeness (QED) is 0.468. The molecule has 1 atom stereocenters. The van der Waals surface area contributed by atoms with Crippen molar-refractivity contribution < 1.29 is 9.53 Å². The van der Waals surface area contributed by atoms with Crippen LogP contribution in [0.5, 0.6) is 0 Å². The third kappa shape index (κ3) is 6.35. The summed E-state index contributed by atoms with van der Waals surface area (Å²) < 4.78 is 4.99. The zero-order valence-electron chi connectivity index (χ0n) is 10.2. The van der Waals surface area contributed by atoms with Crippen LogP contribution in [0.2, 0.25) is 0 Å². The van der Waals surface area contributed by atoms with Crippen LogP contribution in [0.25, 0.3) is 0 Å². The molecule has 0 heterocycles. The highest BCUT2D eigenvalue weighted by molar-refractivity contribution is 5.66. The second kappa shape index (κ2) is 7.44. The van der Waals surface area contributed by atoms with Crippen LogP contribution in [0.4, 0.5) is 5.69 Å². The average Bonchev–Trinajstić information content (AvgIpc) is 2.29. The minimum Gasteiger partial charge on any atom is -0.463 e. The molecule has 0 aliphatic rings. The van der Waals surface area contributed by atoms with E-state index in [0.29, 0.717) is 0 Å². The van der Waals surface area contributed by atoms with Gasteiger partial charge in [0.25, 0.3) is 0 Å². The van der Waals surface area contributed by atoms with E-state index in [1.165, 1.54) is 6.92 Å². The molecular weight excluding hydrogens is 216 g/mol. The van der Waals surface area contributed by atoms with Crippen LogP contribution in [0, 0.1) is 0 Å². The van der Waals surface area contributed by atoms with Crippen LogP contribution in [-0.2, 0) is 9.53 Å².